The third-order valence-corrected chi connectivity index (χ3v) is 2.63. The highest BCUT2D eigenvalue weighted by Gasteiger charge is 2.23. The maximum Gasteiger partial charge on any atom is 0.325 e. The van der Waals surface area contributed by atoms with Crippen LogP contribution in [0.15, 0.2) is 0 Å². The molecule has 0 aromatic rings. The predicted octanol–water partition coefficient (Wildman–Crippen LogP) is -0.559. The molecule has 94 valence electrons. The first-order chi connectivity index (χ1) is 7.17. The standard InChI is InChI=1S/C9H17NO5S/c1-7(2)10(5-9(12)15-3)8(11)6-16(4,13)14/h7H,5-6H2,1-4H3. The molecule has 1 amide bonds. The minimum Gasteiger partial charge on any atom is -0.468 e. The van der Waals surface area contributed by atoms with Crippen LogP contribution in [0.3, 0.4) is 0 Å². The molecule has 0 rings (SSSR count). The fourth-order valence-corrected chi connectivity index (χ4v) is 1.68. The second-order valence-corrected chi connectivity index (χ2v) is 5.90. The lowest BCUT2D eigenvalue weighted by molar-refractivity contribution is -0.147. The highest BCUT2D eigenvalue weighted by molar-refractivity contribution is 7.91. The van der Waals surface area contributed by atoms with Gasteiger partial charge in [0.1, 0.15) is 12.3 Å². The molecule has 0 aromatic heterocycles. The maximum absolute atomic E-state index is 11.6. The largest absolute Gasteiger partial charge is 0.468 e. The molecule has 0 aliphatic rings. The zero-order chi connectivity index (χ0) is 12.9. The summed E-state index contributed by atoms with van der Waals surface area (Å²) in [6.07, 6.45) is 0.974. The average Bonchev–Trinajstić information content (AvgIpc) is 2.09. The van der Waals surface area contributed by atoms with Gasteiger partial charge >= 0.3 is 5.97 Å². The van der Waals surface area contributed by atoms with Crippen molar-refractivity contribution in [3.8, 4) is 0 Å². The van der Waals surface area contributed by atoms with E-state index in [1.165, 1.54) is 12.0 Å². The molecular formula is C9H17NO5S. The number of carbonyl (C=O) groups is 2. The smallest absolute Gasteiger partial charge is 0.325 e. The Morgan fingerprint density at radius 2 is 1.81 bits per heavy atom. The number of amides is 1. The number of sulfone groups is 1. The summed E-state index contributed by atoms with van der Waals surface area (Å²) in [4.78, 5) is 23.8. The third-order valence-electron chi connectivity index (χ3n) is 1.86. The van der Waals surface area contributed by atoms with Crippen molar-refractivity contribution in [2.24, 2.45) is 0 Å². The second kappa shape index (κ2) is 5.83. The van der Waals surface area contributed by atoms with Gasteiger partial charge in [0, 0.05) is 12.3 Å². The molecule has 0 aliphatic carbocycles. The van der Waals surface area contributed by atoms with E-state index in [9.17, 15) is 18.0 Å². The van der Waals surface area contributed by atoms with Crippen molar-refractivity contribution in [1.29, 1.82) is 0 Å². The summed E-state index contributed by atoms with van der Waals surface area (Å²) in [5.41, 5.74) is 0. The van der Waals surface area contributed by atoms with Crippen molar-refractivity contribution in [2.75, 3.05) is 25.7 Å². The highest BCUT2D eigenvalue weighted by Crippen LogP contribution is 2.01. The number of nitrogens with zero attached hydrogens (tertiary/aromatic N) is 1. The monoisotopic (exact) mass is 251 g/mol. The van der Waals surface area contributed by atoms with E-state index in [-0.39, 0.29) is 12.6 Å². The summed E-state index contributed by atoms with van der Waals surface area (Å²) < 4.78 is 26.3. The van der Waals surface area contributed by atoms with E-state index in [2.05, 4.69) is 4.74 Å². The lowest BCUT2D eigenvalue weighted by Gasteiger charge is -2.25. The molecule has 0 N–H and O–H groups in total. The SMILES string of the molecule is COC(=O)CN(C(=O)CS(C)(=O)=O)C(C)C. The highest BCUT2D eigenvalue weighted by atomic mass is 32.2. The molecule has 0 heterocycles. The molecule has 0 aromatic carbocycles. The lowest BCUT2D eigenvalue weighted by Crippen LogP contribution is -2.43. The molecule has 0 atom stereocenters. The molecule has 16 heavy (non-hydrogen) atoms. The van der Waals surface area contributed by atoms with Gasteiger partial charge in [-0.1, -0.05) is 0 Å². The van der Waals surface area contributed by atoms with E-state index in [4.69, 9.17) is 0 Å². The molecular weight excluding hydrogens is 234 g/mol. The first kappa shape index (κ1) is 14.9. The van der Waals surface area contributed by atoms with Crippen LogP contribution >= 0.6 is 0 Å². The number of hydrogen-bond acceptors (Lipinski definition) is 5. The fourth-order valence-electron chi connectivity index (χ4n) is 1.07. The Hall–Kier alpha value is -1.11. The van der Waals surface area contributed by atoms with Gasteiger partial charge in [0.15, 0.2) is 9.84 Å². The van der Waals surface area contributed by atoms with E-state index in [0.29, 0.717) is 0 Å². The molecule has 6 nitrogen and oxygen atoms in total. The van der Waals surface area contributed by atoms with Crippen LogP contribution < -0.4 is 0 Å². The summed E-state index contributed by atoms with van der Waals surface area (Å²) in [6, 6.07) is -0.256. The summed E-state index contributed by atoms with van der Waals surface area (Å²) in [7, 11) is -2.18. The minimum absolute atomic E-state index is 0.234. The van der Waals surface area contributed by atoms with Crippen molar-refractivity contribution in [3.63, 3.8) is 0 Å². The van der Waals surface area contributed by atoms with Crippen molar-refractivity contribution < 1.29 is 22.7 Å². The summed E-state index contributed by atoms with van der Waals surface area (Å²) in [6.45, 7) is 3.16. The van der Waals surface area contributed by atoms with Crippen molar-refractivity contribution in [3.05, 3.63) is 0 Å². The van der Waals surface area contributed by atoms with E-state index in [1.807, 2.05) is 0 Å². The number of rotatable bonds is 5. The normalized spacial score (nSPS) is 11.3. The van der Waals surface area contributed by atoms with E-state index >= 15 is 0 Å². The Labute approximate surface area is 95.5 Å². The Bertz CT molecular complexity index is 360. The fraction of sp³-hybridized carbons (Fsp3) is 0.778. The molecule has 7 heteroatoms. The number of hydrogen-bond donors (Lipinski definition) is 0. The molecule has 0 unspecified atom stereocenters. The minimum atomic E-state index is -3.39. The zero-order valence-electron chi connectivity index (χ0n) is 9.89. The van der Waals surface area contributed by atoms with Gasteiger partial charge < -0.3 is 9.64 Å². The van der Waals surface area contributed by atoms with E-state index in [0.717, 1.165) is 6.26 Å². The molecule has 0 spiro atoms. The lowest BCUT2D eigenvalue weighted by atomic mass is 10.3. The number of methoxy groups -OCH3 is 1. The predicted molar refractivity (Wildman–Crippen MR) is 58.6 cm³/mol. The number of esters is 1. The molecule has 0 bridgehead atoms. The van der Waals surface area contributed by atoms with Gasteiger partial charge in [-0.3, -0.25) is 9.59 Å². The van der Waals surface area contributed by atoms with Crippen molar-refractivity contribution >= 4 is 21.7 Å². The molecule has 0 fully saturated rings. The third kappa shape index (κ3) is 5.69. The van der Waals surface area contributed by atoms with Gasteiger partial charge in [-0.15, -0.1) is 0 Å². The van der Waals surface area contributed by atoms with Gasteiger partial charge in [0.2, 0.25) is 5.91 Å². The van der Waals surface area contributed by atoms with Crippen LogP contribution in [-0.2, 0) is 24.2 Å². The van der Waals surface area contributed by atoms with Gasteiger partial charge in [0.05, 0.1) is 7.11 Å². The Morgan fingerprint density at radius 3 is 2.12 bits per heavy atom. The van der Waals surface area contributed by atoms with Crippen molar-refractivity contribution in [1.82, 2.24) is 4.90 Å². The quantitative estimate of drug-likeness (QED) is 0.612. The first-order valence-electron chi connectivity index (χ1n) is 4.71. The number of ether oxygens (including phenoxy) is 1. The second-order valence-electron chi connectivity index (χ2n) is 3.76. The topological polar surface area (TPSA) is 80.8 Å². The van der Waals surface area contributed by atoms with Gasteiger partial charge in [-0.05, 0) is 13.8 Å². The van der Waals surface area contributed by atoms with Gasteiger partial charge in [-0.25, -0.2) is 8.42 Å². The van der Waals surface area contributed by atoms with Gasteiger partial charge in [0.25, 0.3) is 0 Å². The van der Waals surface area contributed by atoms with E-state index in [1.54, 1.807) is 13.8 Å². The van der Waals surface area contributed by atoms with Crippen LogP contribution in [0.1, 0.15) is 13.8 Å². The average molecular weight is 251 g/mol. The van der Waals surface area contributed by atoms with Crippen LogP contribution in [0.5, 0.6) is 0 Å². The summed E-state index contributed by atoms with van der Waals surface area (Å²) in [5, 5.41) is 0. The molecule has 0 saturated heterocycles. The van der Waals surface area contributed by atoms with Crippen LogP contribution in [0.4, 0.5) is 0 Å². The van der Waals surface area contributed by atoms with Crippen LogP contribution in [-0.4, -0.2) is 56.9 Å². The maximum atomic E-state index is 11.6. The molecule has 0 aliphatic heterocycles. The number of carbonyl (C=O) groups excluding carboxylic acids is 2. The van der Waals surface area contributed by atoms with Crippen LogP contribution in [0.25, 0.3) is 0 Å². The molecule has 0 radical (unpaired) electrons. The Kier molecular flexibility index (Phi) is 5.43. The van der Waals surface area contributed by atoms with Crippen molar-refractivity contribution in [2.45, 2.75) is 19.9 Å². The summed E-state index contributed by atoms with van der Waals surface area (Å²) in [5.74, 6) is -1.76. The van der Waals surface area contributed by atoms with Gasteiger partial charge in [-0.2, -0.15) is 0 Å². The zero-order valence-corrected chi connectivity index (χ0v) is 10.7. The Morgan fingerprint density at radius 1 is 1.31 bits per heavy atom. The van der Waals surface area contributed by atoms with E-state index < -0.39 is 27.5 Å². The van der Waals surface area contributed by atoms with Crippen LogP contribution in [0.2, 0.25) is 0 Å². The summed E-state index contributed by atoms with van der Waals surface area (Å²) >= 11 is 0. The Balaban J connectivity index is 4.67. The molecule has 0 saturated carbocycles. The first-order valence-corrected chi connectivity index (χ1v) is 6.77. The van der Waals surface area contributed by atoms with Crippen LogP contribution in [0, 0.1) is 0 Å².